The van der Waals surface area contributed by atoms with Gasteiger partial charge in [0, 0.05) is 6.42 Å². The Labute approximate surface area is 112 Å². The maximum absolute atomic E-state index is 11.9. The van der Waals surface area contributed by atoms with Crippen molar-refractivity contribution >= 4 is 23.2 Å². The van der Waals surface area contributed by atoms with Gasteiger partial charge in [0.15, 0.2) is 0 Å². The number of carbonyl (C=O) groups excluding carboxylic acids is 1. The number of nitrogens with one attached hydrogen (secondary N) is 2. The number of carbonyl (C=O) groups is 1. The highest BCUT2D eigenvalue weighted by Crippen LogP contribution is 2.19. The molecule has 0 atom stereocenters. The fourth-order valence-electron chi connectivity index (χ4n) is 2.21. The molecule has 0 saturated carbocycles. The second-order valence-electron chi connectivity index (χ2n) is 4.71. The number of hydrogen-bond donors (Lipinski definition) is 2. The van der Waals surface area contributed by atoms with Crippen LogP contribution in [0.25, 0.3) is 0 Å². The van der Waals surface area contributed by atoms with E-state index in [1.54, 1.807) is 12.1 Å². The third-order valence-electron chi connectivity index (χ3n) is 3.26. The predicted molar refractivity (Wildman–Crippen MR) is 72.8 cm³/mol. The van der Waals surface area contributed by atoms with Crippen LogP contribution in [0.1, 0.15) is 25.0 Å². The number of anilines is 1. The Hall–Kier alpha value is -1.13. The summed E-state index contributed by atoms with van der Waals surface area (Å²) in [5.74, 6) is 0.556. The highest BCUT2D eigenvalue weighted by Gasteiger charge is 2.17. The van der Waals surface area contributed by atoms with Crippen LogP contribution >= 0.6 is 11.6 Å². The molecule has 1 amide bonds. The SMILES string of the molecule is Cc1nc(Cl)ccc1NC(=O)CC1CCNCC1. The van der Waals surface area contributed by atoms with E-state index in [4.69, 9.17) is 11.6 Å². The van der Waals surface area contributed by atoms with Gasteiger partial charge in [-0.05, 0) is 50.9 Å². The first-order valence-electron chi connectivity index (χ1n) is 6.29. The van der Waals surface area contributed by atoms with Gasteiger partial charge >= 0.3 is 0 Å². The molecule has 0 bridgehead atoms. The Morgan fingerprint density at radius 3 is 2.89 bits per heavy atom. The molecule has 2 rings (SSSR count). The molecule has 1 aliphatic heterocycles. The number of nitrogens with zero attached hydrogens (tertiary/aromatic N) is 1. The second-order valence-corrected chi connectivity index (χ2v) is 5.10. The number of hydrogen-bond acceptors (Lipinski definition) is 3. The van der Waals surface area contributed by atoms with Crippen molar-refractivity contribution in [2.24, 2.45) is 5.92 Å². The minimum atomic E-state index is 0.0640. The van der Waals surface area contributed by atoms with E-state index < -0.39 is 0 Å². The van der Waals surface area contributed by atoms with Crippen molar-refractivity contribution in [3.63, 3.8) is 0 Å². The van der Waals surface area contributed by atoms with E-state index in [-0.39, 0.29) is 5.91 Å². The summed E-state index contributed by atoms with van der Waals surface area (Å²) >= 11 is 5.78. The van der Waals surface area contributed by atoms with Crippen LogP contribution in [0, 0.1) is 12.8 Å². The van der Waals surface area contributed by atoms with Gasteiger partial charge in [-0.25, -0.2) is 4.98 Å². The van der Waals surface area contributed by atoms with E-state index in [1.807, 2.05) is 6.92 Å². The number of aromatic nitrogens is 1. The molecule has 0 spiro atoms. The summed E-state index contributed by atoms with van der Waals surface area (Å²) < 4.78 is 0. The number of pyridine rings is 1. The van der Waals surface area contributed by atoms with Gasteiger partial charge in [0.1, 0.15) is 5.15 Å². The molecular weight excluding hydrogens is 250 g/mol. The quantitative estimate of drug-likeness (QED) is 0.827. The summed E-state index contributed by atoms with van der Waals surface area (Å²) in [6.07, 6.45) is 2.74. The second kappa shape index (κ2) is 6.16. The number of piperidine rings is 1. The fourth-order valence-corrected chi connectivity index (χ4v) is 2.40. The smallest absolute Gasteiger partial charge is 0.224 e. The summed E-state index contributed by atoms with van der Waals surface area (Å²) in [6, 6.07) is 3.49. The molecule has 0 aliphatic carbocycles. The van der Waals surface area contributed by atoms with Gasteiger partial charge in [0.25, 0.3) is 0 Å². The van der Waals surface area contributed by atoms with Crippen LogP contribution in [0.5, 0.6) is 0 Å². The topological polar surface area (TPSA) is 54.0 Å². The molecule has 18 heavy (non-hydrogen) atoms. The first kappa shape index (κ1) is 13.3. The minimum absolute atomic E-state index is 0.0640. The van der Waals surface area contributed by atoms with E-state index in [0.717, 1.165) is 37.3 Å². The van der Waals surface area contributed by atoms with Crippen molar-refractivity contribution in [3.8, 4) is 0 Å². The largest absolute Gasteiger partial charge is 0.324 e. The molecule has 1 aromatic heterocycles. The van der Waals surface area contributed by atoms with Crippen LogP contribution in [-0.4, -0.2) is 24.0 Å². The van der Waals surface area contributed by atoms with Crippen molar-refractivity contribution in [2.45, 2.75) is 26.2 Å². The maximum atomic E-state index is 11.9. The van der Waals surface area contributed by atoms with Crippen molar-refractivity contribution in [3.05, 3.63) is 23.0 Å². The minimum Gasteiger partial charge on any atom is -0.324 e. The molecule has 0 aromatic carbocycles. The van der Waals surface area contributed by atoms with Crippen LogP contribution in [0.4, 0.5) is 5.69 Å². The number of rotatable bonds is 3. The van der Waals surface area contributed by atoms with Crippen molar-refractivity contribution in [1.29, 1.82) is 0 Å². The molecule has 2 N–H and O–H groups in total. The Balaban J connectivity index is 1.90. The molecule has 1 aromatic rings. The van der Waals surface area contributed by atoms with E-state index in [0.29, 0.717) is 17.5 Å². The summed E-state index contributed by atoms with van der Waals surface area (Å²) in [5.41, 5.74) is 1.50. The monoisotopic (exact) mass is 267 g/mol. The van der Waals surface area contributed by atoms with Gasteiger partial charge in [-0.3, -0.25) is 4.79 Å². The van der Waals surface area contributed by atoms with Gasteiger partial charge < -0.3 is 10.6 Å². The Morgan fingerprint density at radius 1 is 1.50 bits per heavy atom. The molecule has 5 heteroatoms. The van der Waals surface area contributed by atoms with Gasteiger partial charge in [-0.15, -0.1) is 0 Å². The lowest BCUT2D eigenvalue weighted by Crippen LogP contribution is -2.30. The summed E-state index contributed by atoms with van der Waals surface area (Å²) in [6.45, 7) is 3.87. The zero-order valence-electron chi connectivity index (χ0n) is 10.5. The molecule has 1 aliphatic rings. The first-order chi connectivity index (χ1) is 8.65. The fraction of sp³-hybridized carbons (Fsp3) is 0.538. The van der Waals surface area contributed by atoms with E-state index >= 15 is 0 Å². The van der Waals surface area contributed by atoms with Crippen molar-refractivity contribution < 1.29 is 4.79 Å². The maximum Gasteiger partial charge on any atom is 0.224 e. The van der Waals surface area contributed by atoms with Crippen LogP contribution in [0.15, 0.2) is 12.1 Å². The molecule has 98 valence electrons. The average molecular weight is 268 g/mol. The van der Waals surface area contributed by atoms with Crippen molar-refractivity contribution in [1.82, 2.24) is 10.3 Å². The number of amides is 1. The van der Waals surface area contributed by atoms with Crippen LogP contribution in [0.3, 0.4) is 0 Å². The number of halogens is 1. The molecule has 4 nitrogen and oxygen atoms in total. The number of aryl methyl sites for hydroxylation is 1. The Morgan fingerprint density at radius 2 is 2.22 bits per heavy atom. The van der Waals surface area contributed by atoms with Crippen LogP contribution < -0.4 is 10.6 Å². The molecule has 2 heterocycles. The average Bonchev–Trinajstić information content (AvgIpc) is 2.34. The van der Waals surface area contributed by atoms with Gasteiger partial charge in [-0.2, -0.15) is 0 Å². The molecular formula is C13H18ClN3O. The molecule has 1 saturated heterocycles. The third kappa shape index (κ3) is 3.68. The highest BCUT2D eigenvalue weighted by molar-refractivity contribution is 6.29. The lowest BCUT2D eigenvalue weighted by Gasteiger charge is -2.22. The van der Waals surface area contributed by atoms with Gasteiger partial charge in [-0.1, -0.05) is 11.6 Å². The van der Waals surface area contributed by atoms with Crippen LogP contribution in [0.2, 0.25) is 5.15 Å². The molecule has 1 fully saturated rings. The normalized spacial score (nSPS) is 16.6. The molecule has 0 unspecified atom stereocenters. The lowest BCUT2D eigenvalue weighted by atomic mass is 9.94. The summed E-state index contributed by atoms with van der Waals surface area (Å²) in [5, 5.41) is 6.65. The molecule has 0 radical (unpaired) electrons. The van der Waals surface area contributed by atoms with Crippen LogP contribution in [-0.2, 0) is 4.79 Å². The van der Waals surface area contributed by atoms with Gasteiger partial charge in [0.05, 0.1) is 11.4 Å². The highest BCUT2D eigenvalue weighted by atomic mass is 35.5. The standard InChI is InChI=1S/C13H18ClN3O/c1-9-11(2-3-12(14)16-9)17-13(18)8-10-4-6-15-7-5-10/h2-3,10,15H,4-8H2,1H3,(H,17,18). The summed E-state index contributed by atoms with van der Waals surface area (Å²) in [7, 11) is 0. The zero-order chi connectivity index (χ0) is 13.0. The van der Waals surface area contributed by atoms with Gasteiger partial charge in [0.2, 0.25) is 5.91 Å². The Kier molecular flexibility index (Phi) is 4.55. The summed E-state index contributed by atoms with van der Waals surface area (Å²) in [4.78, 5) is 16.0. The zero-order valence-corrected chi connectivity index (χ0v) is 11.3. The van der Waals surface area contributed by atoms with E-state index in [9.17, 15) is 4.79 Å². The predicted octanol–water partition coefficient (Wildman–Crippen LogP) is 2.37. The first-order valence-corrected chi connectivity index (χ1v) is 6.66. The van der Waals surface area contributed by atoms with E-state index in [1.165, 1.54) is 0 Å². The third-order valence-corrected chi connectivity index (χ3v) is 3.47. The van der Waals surface area contributed by atoms with E-state index in [2.05, 4.69) is 15.6 Å². The lowest BCUT2D eigenvalue weighted by molar-refractivity contribution is -0.117. The van der Waals surface area contributed by atoms with Crippen molar-refractivity contribution in [2.75, 3.05) is 18.4 Å². The Bertz CT molecular complexity index is 430.